The fourth-order valence-electron chi connectivity index (χ4n) is 2.12. The van der Waals surface area contributed by atoms with E-state index >= 15 is 0 Å². The van der Waals surface area contributed by atoms with Gasteiger partial charge in [-0.1, -0.05) is 0 Å². The molecule has 0 fully saturated rings. The predicted octanol–water partition coefficient (Wildman–Crippen LogP) is 3.04. The Hall–Kier alpha value is -0.276. The summed E-state index contributed by atoms with van der Waals surface area (Å²) in [5, 5.41) is 0. The van der Waals surface area contributed by atoms with Crippen molar-refractivity contribution in [2.24, 2.45) is 5.92 Å². The van der Waals surface area contributed by atoms with Crippen molar-refractivity contribution < 1.29 is 32.3 Å². The second-order valence-electron chi connectivity index (χ2n) is 5.18. The molecule has 0 aliphatic rings. The van der Waals surface area contributed by atoms with Crippen LogP contribution in [0.25, 0.3) is 0 Å². The van der Waals surface area contributed by atoms with E-state index in [1.165, 1.54) is 13.8 Å². The van der Waals surface area contributed by atoms with E-state index in [1.807, 2.05) is 0 Å². The Morgan fingerprint density at radius 3 is 1.47 bits per heavy atom. The predicted molar refractivity (Wildman–Crippen MR) is 64.9 cm³/mol. The molecule has 0 N–H and O–H groups in total. The van der Waals surface area contributed by atoms with Crippen LogP contribution in [0.4, 0.5) is 0 Å². The standard InChI is InChI=1S/C7H9O3.2C3H7.Ti/c1-4(8)7(5(2)9)6(3)10;2*1-3-2;/h7H,1H2,2-3H3;2*3H,1-2H3;. The molecular weight excluding hydrogens is 252 g/mol. The van der Waals surface area contributed by atoms with Crippen molar-refractivity contribution >= 4 is 17.3 Å². The second kappa shape index (κ2) is 7.22. The molecule has 0 radical (unpaired) electrons. The van der Waals surface area contributed by atoms with Crippen molar-refractivity contribution in [3.05, 3.63) is 0 Å². The van der Waals surface area contributed by atoms with Crippen LogP contribution in [0.5, 0.6) is 0 Å². The van der Waals surface area contributed by atoms with Crippen LogP contribution in [-0.4, -0.2) is 17.3 Å². The summed E-state index contributed by atoms with van der Waals surface area (Å²) in [5.74, 6) is -1.78. The van der Waals surface area contributed by atoms with E-state index < -0.39 is 23.8 Å². The first kappa shape index (κ1) is 16.7. The fourth-order valence-corrected chi connectivity index (χ4v) is 6.42. The Bertz CT molecular complexity index is 286. The van der Waals surface area contributed by atoms with Gasteiger partial charge in [-0.25, -0.2) is 0 Å². The SMILES string of the molecule is CC(=O)C(C(C)=O)C(=O)[CH2][Ti]([CH](C)C)[CH](C)C. The van der Waals surface area contributed by atoms with E-state index in [1.54, 1.807) is 0 Å². The molecule has 0 aromatic carbocycles. The zero-order chi connectivity index (χ0) is 13.7. The van der Waals surface area contributed by atoms with Crippen molar-refractivity contribution in [2.45, 2.75) is 54.7 Å². The molecule has 0 saturated heterocycles. The summed E-state index contributed by atoms with van der Waals surface area (Å²) in [6.07, 6.45) is 0. The number of hydrogen-bond donors (Lipinski definition) is 0. The van der Waals surface area contributed by atoms with Crippen LogP contribution in [-0.2, 0) is 32.3 Å². The van der Waals surface area contributed by atoms with E-state index in [2.05, 4.69) is 27.7 Å². The Balaban J connectivity index is 4.81. The summed E-state index contributed by atoms with van der Waals surface area (Å²) < 4.78 is 1.57. The Morgan fingerprint density at radius 1 is 0.882 bits per heavy atom. The summed E-state index contributed by atoms with van der Waals surface area (Å²) in [6.45, 7) is 11.2. The molecule has 0 saturated carbocycles. The number of ketones is 3. The van der Waals surface area contributed by atoms with Crippen molar-refractivity contribution in [1.82, 2.24) is 0 Å². The quantitative estimate of drug-likeness (QED) is 0.530. The monoisotopic (exact) mass is 275 g/mol. The van der Waals surface area contributed by atoms with Crippen LogP contribution >= 0.6 is 0 Å². The first-order chi connectivity index (χ1) is 7.68. The zero-order valence-electron chi connectivity index (χ0n) is 11.7. The maximum absolute atomic E-state index is 12.0. The summed E-state index contributed by atoms with van der Waals surface area (Å²) in [7, 11) is 0. The van der Waals surface area contributed by atoms with Crippen LogP contribution in [0.1, 0.15) is 41.5 Å². The molecule has 0 aromatic heterocycles. The van der Waals surface area contributed by atoms with Gasteiger partial charge in [0.25, 0.3) is 0 Å². The van der Waals surface area contributed by atoms with Gasteiger partial charge in [-0.05, 0) is 0 Å². The Labute approximate surface area is 110 Å². The third kappa shape index (κ3) is 5.26. The third-order valence-corrected chi connectivity index (χ3v) is 8.81. The van der Waals surface area contributed by atoms with Crippen molar-refractivity contribution in [3.63, 3.8) is 0 Å². The molecule has 0 aromatic rings. The van der Waals surface area contributed by atoms with Gasteiger partial charge in [-0.3, -0.25) is 0 Å². The van der Waals surface area contributed by atoms with Gasteiger partial charge >= 0.3 is 110 Å². The second-order valence-corrected chi connectivity index (χ2v) is 11.1. The van der Waals surface area contributed by atoms with Gasteiger partial charge in [0.05, 0.1) is 0 Å². The van der Waals surface area contributed by atoms with Gasteiger partial charge in [-0.2, -0.15) is 0 Å². The Kier molecular flexibility index (Phi) is 7.11. The van der Waals surface area contributed by atoms with Crippen LogP contribution in [0.2, 0.25) is 13.2 Å². The number of hydrogen-bond acceptors (Lipinski definition) is 3. The van der Waals surface area contributed by atoms with Gasteiger partial charge in [0.2, 0.25) is 0 Å². The van der Waals surface area contributed by atoms with Crippen molar-refractivity contribution in [1.29, 1.82) is 0 Å². The molecule has 0 spiro atoms. The Morgan fingerprint density at radius 2 is 1.24 bits per heavy atom. The zero-order valence-corrected chi connectivity index (χ0v) is 13.2. The molecule has 0 atom stereocenters. The summed E-state index contributed by atoms with van der Waals surface area (Å²) in [4.78, 5) is 34.7. The topological polar surface area (TPSA) is 51.2 Å². The molecule has 17 heavy (non-hydrogen) atoms. The van der Waals surface area contributed by atoms with Crippen LogP contribution in [0, 0.1) is 5.92 Å². The summed E-state index contributed by atoms with van der Waals surface area (Å²) in [6, 6.07) is 0. The molecule has 4 heteroatoms. The van der Waals surface area contributed by atoms with E-state index in [4.69, 9.17) is 0 Å². The molecule has 0 amide bonds. The molecule has 0 rings (SSSR count). The minimum absolute atomic E-state index is 0.151. The van der Waals surface area contributed by atoms with Gasteiger partial charge in [0.1, 0.15) is 0 Å². The van der Waals surface area contributed by atoms with Gasteiger partial charge in [0, 0.05) is 0 Å². The molecule has 0 unspecified atom stereocenters. The summed E-state index contributed by atoms with van der Waals surface area (Å²) in [5.41, 5.74) is 0. The number of carbonyl (C=O) groups excluding carboxylic acids is 3. The average Bonchev–Trinajstić information content (AvgIpc) is 2.11. The third-order valence-electron chi connectivity index (χ3n) is 3.00. The number of carbonyl (C=O) groups is 3. The first-order valence-corrected chi connectivity index (χ1v) is 8.98. The van der Waals surface area contributed by atoms with E-state index in [9.17, 15) is 14.4 Å². The van der Waals surface area contributed by atoms with Crippen LogP contribution in [0.3, 0.4) is 0 Å². The summed E-state index contributed by atoms with van der Waals surface area (Å²) >= 11 is -1.52. The van der Waals surface area contributed by atoms with Crippen molar-refractivity contribution in [2.75, 3.05) is 0 Å². The maximum atomic E-state index is 12.0. The van der Waals surface area contributed by atoms with E-state index in [0.29, 0.717) is 13.2 Å². The molecular formula is C13H23O3Ti. The van der Waals surface area contributed by atoms with Crippen LogP contribution < -0.4 is 0 Å². The van der Waals surface area contributed by atoms with Gasteiger partial charge < -0.3 is 0 Å². The molecule has 97 valence electrons. The van der Waals surface area contributed by atoms with Crippen molar-refractivity contribution in [3.8, 4) is 0 Å². The fraction of sp³-hybridized carbons (Fsp3) is 0.769. The van der Waals surface area contributed by atoms with Gasteiger partial charge in [0.15, 0.2) is 0 Å². The van der Waals surface area contributed by atoms with Gasteiger partial charge in [-0.15, -0.1) is 0 Å². The average molecular weight is 275 g/mol. The normalized spacial score (nSPS) is 11.1. The number of rotatable bonds is 7. The van der Waals surface area contributed by atoms with E-state index in [-0.39, 0.29) is 17.3 Å². The number of Topliss-reactive ketones (excluding diaryl/α,β-unsaturated/α-hetero) is 3. The van der Waals surface area contributed by atoms with Crippen LogP contribution in [0.15, 0.2) is 0 Å². The van der Waals surface area contributed by atoms with E-state index in [0.717, 1.165) is 0 Å². The molecule has 0 aliphatic heterocycles. The molecule has 0 heterocycles. The molecule has 0 bridgehead atoms. The molecule has 3 nitrogen and oxygen atoms in total. The first-order valence-electron chi connectivity index (χ1n) is 6.07. The molecule has 0 aliphatic carbocycles. The minimum atomic E-state index is -1.52.